The fourth-order valence-corrected chi connectivity index (χ4v) is 4.13. The number of hydrogen-bond donors (Lipinski definition) is 2. The zero-order valence-electron chi connectivity index (χ0n) is 22.7. The van der Waals surface area contributed by atoms with Gasteiger partial charge in [-0.05, 0) is 49.4 Å². The molecule has 0 bridgehead atoms. The Morgan fingerprint density at radius 3 is 2.33 bits per heavy atom. The van der Waals surface area contributed by atoms with Crippen molar-refractivity contribution in [1.29, 1.82) is 0 Å². The molecule has 3 heterocycles. The van der Waals surface area contributed by atoms with Crippen molar-refractivity contribution in [3.05, 3.63) is 75.3 Å². The van der Waals surface area contributed by atoms with Crippen molar-refractivity contribution in [2.75, 3.05) is 6.54 Å². The van der Waals surface area contributed by atoms with Crippen molar-refractivity contribution >= 4 is 23.5 Å². The second-order valence-corrected chi connectivity index (χ2v) is 9.73. The number of alkyl halides is 6. The Balaban J connectivity index is 1.79. The van der Waals surface area contributed by atoms with Crippen LogP contribution >= 0.6 is 11.6 Å². The van der Waals surface area contributed by atoms with Gasteiger partial charge in [-0.25, -0.2) is 19.4 Å². The van der Waals surface area contributed by atoms with E-state index in [2.05, 4.69) is 24.9 Å². The van der Waals surface area contributed by atoms with Crippen LogP contribution in [0.2, 0.25) is 5.02 Å². The first-order valence-electron chi connectivity index (χ1n) is 12.8. The number of rotatable bonds is 11. The fraction of sp³-hybridized carbons (Fsp3) is 0.320. The number of carbonyl (C=O) groups is 2. The number of nitrogens with zero attached hydrogens (tertiary/aromatic N) is 7. The van der Waals surface area contributed by atoms with Crippen LogP contribution in [0, 0.1) is 0 Å². The lowest BCUT2D eigenvalue weighted by molar-refractivity contribution is -0.224. The molecule has 3 aromatic heterocycles. The van der Waals surface area contributed by atoms with Crippen LogP contribution in [-0.2, 0) is 28.8 Å². The summed E-state index contributed by atoms with van der Waals surface area (Å²) in [6.07, 6.45) is -12.1. The smallest absolute Gasteiger partial charge is 0.427 e. The molecule has 0 unspecified atom stereocenters. The average molecular weight is 662 g/mol. The second kappa shape index (κ2) is 13.1. The summed E-state index contributed by atoms with van der Waals surface area (Å²) in [5.41, 5.74) is 8.28. The number of primary amides is 1. The maximum atomic E-state index is 13.9. The van der Waals surface area contributed by atoms with Crippen molar-refractivity contribution in [3.8, 4) is 17.2 Å². The van der Waals surface area contributed by atoms with Crippen molar-refractivity contribution < 1.29 is 40.7 Å². The highest BCUT2D eigenvalue weighted by molar-refractivity contribution is 6.30. The van der Waals surface area contributed by atoms with E-state index in [1.165, 1.54) is 24.3 Å². The summed E-state index contributed by atoms with van der Waals surface area (Å²) in [6.45, 7) is -1.93. The summed E-state index contributed by atoms with van der Waals surface area (Å²) in [5.74, 6) is -4.89. The van der Waals surface area contributed by atoms with Gasteiger partial charge in [0.05, 0.1) is 6.54 Å². The van der Waals surface area contributed by atoms with Gasteiger partial charge in [0.15, 0.2) is 17.5 Å². The maximum absolute atomic E-state index is 13.9. The Bertz CT molecular complexity index is 1750. The zero-order valence-corrected chi connectivity index (χ0v) is 23.5. The van der Waals surface area contributed by atoms with Crippen molar-refractivity contribution in [2.24, 2.45) is 11.5 Å². The Hall–Kier alpha value is -4.78. The number of benzene rings is 1. The fourth-order valence-electron chi connectivity index (χ4n) is 4.01. The van der Waals surface area contributed by atoms with Crippen LogP contribution < -0.4 is 17.2 Å². The minimum absolute atomic E-state index is 0.0256. The van der Waals surface area contributed by atoms with Gasteiger partial charge in [-0.15, -0.1) is 10.2 Å². The van der Waals surface area contributed by atoms with Crippen molar-refractivity contribution in [2.45, 2.75) is 44.4 Å². The zero-order chi connectivity index (χ0) is 33.1. The highest BCUT2D eigenvalue weighted by atomic mass is 35.5. The van der Waals surface area contributed by atoms with Crippen LogP contribution in [0.15, 0.2) is 47.4 Å². The van der Waals surface area contributed by atoms with Gasteiger partial charge in [0.25, 0.3) is 5.91 Å². The molecule has 4 rings (SSSR count). The number of pyridine rings is 1. The van der Waals surface area contributed by atoms with Gasteiger partial charge in [0, 0.05) is 23.2 Å². The van der Waals surface area contributed by atoms with Crippen LogP contribution in [-0.4, -0.2) is 64.8 Å². The van der Waals surface area contributed by atoms with E-state index in [-0.39, 0.29) is 29.4 Å². The first-order chi connectivity index (χ1) is 21.1. The molecule has 240 valence electrons. The third-order valence-electron chi connectivity index (χ3n) is 6.05. The number of amides is 1. The number of carbonyl (C=O) groups excluding carboxylic acids is 2. The number of nitrogens with two attached hydrogens (primary N) is 2. The molecular formula is C25H22ClF6N9O4. The third kappa shape index (κ3) is 7.66. The predicted octanol–water partition coefficient (Wildman–Crippen LogP) is 2.72. The maximum Gasteiger partial charge on any atom is 0.427 e. The molecule has 13 nitrogen and oxygen atoms in total. The summed E-state index contributed by atoms with van der Waals surface area (Å²) >= 11 is 5.92. The largest absolute Gasteiger partial charge is 0.451 e. The number of hydrogen-bond acceptors (Lipinski definition) is 9. The molecule has 4 N–H and O–H groups in total. The lowest BCUT2D eigenvalue weighted by Gasteiger charge is -2.21. The van der Waals surface area contributed by atoms with E-state index in [1.54, 1.807) is 0 Å². The number of aromatic nitrogens is 7. The van der Waals surface area contributed by atoms with E-state index in [1.807, 2.05) is 0 Å². The molecule has 0 radical (unpaired) electrons. The summed E-state index contributed by atoms with van der Waals surface area (Å²) in [5, 5.41) is 8.20. The van der Waals surface area contributed by atoms with Gasteiger partial charge in [0.2, 0.25) is 11.9 Å². The normalized spacial score (nSPS) is 12.7. The molecule has 0 spiro atoms. The Labute approximate surface area is 253 Å². The number of halogens is 7. The summed E-state index contributed by atoms with van der Waals surface area (Å²) in [4.78, 5) is 45.0. The van der Waals surface area contributed by atoms with E-state index in [0.29, 0.717) is 20.0 Å². The quantitative estimate of drug-likeness (QED) is 0.181. The first kappa shape index (κ1) is 33.1. The molecule has 0 aliphatic carbocycles. The SMILES string of the molecule is NCCCC(=O)O[C@@H](Cn1c(-c2ccc(Cl)cc2)nn(Cc2nc(C(N)=O)n(-c3ncccc3C(F)(F)F)n2)c1=O)C(F)(F)F. The molecular weight excluding hydrogens is 640 g/mol. The Morgan fingerprint density at radius 2 is 1.73 bits per heavy atom. The minimum Gasteiger partial charge on any atom is -0.451 e. The van der Waals surface area contributed by atoms with Crippen LogP contribution in [0.1, 0.15) is 34.8 Å². The molecule has 0 saturated heterocycles. The van der Waals surface area contributed by atoms with Gasteiger partial charge >= 0.3 is 24.0 Å². The van der Waals surface area contributed by atoms with Crippen LogP contribution in [0.3, 0.4) is 0 Å². The Kier molecular flexibility index (Phi) is 9.62. The van der Waals surface area contributed by atoms with E-state index in [4.69, 9.17) is 23.1 Å². The van der Waals surface area contributed by atoms with Gasteiger partial charge in [0.1, 0.15) is 12.1 Å². The monoisotopic (exact) mass is 661 g/mol. The summed E-state index contributed by atoms with van der Waals surface area (Å²) in [7, 11) is 0. The van der Waals surface area contributed by atoms with Gasteiger partial charge in [-0.1, -0.05) is 11.6 Å². The van der Waals surface area contributed by atoms with Gasteiger partial charge in [-0.2, -0.15) is 31.0 Å². The molecule has 45 heavy (non-hydrogen) atoms. The molecule has 1 aromatic carbocycles. The molecule has 20 heteroatoms. The van der Waals surface area contributed by atoms with Crippen LogP contribution in [0.4, 0.5) is 26.3 Å². The molecule has 1 amide bonds. The molecule has 0 aliphatic heterocycles. The highest BCUT2D eigenvalue weighted by Gasteiger charge is 2.44. The van der Waals surface area contributed by atoms with Gasteiger partial charge < -0.3 is 16.2 Å². The summed E-state index contributed by atoms with van der Waals surface area (Å²) in [6, 6.07) is 7.16. The summed E-state index contributed by atoms with van der Waals surface area (Å²) < 4.78 is 89.0. The minimum atomic E-state index is -5.10. The lowest BCUT2D eigenvalue weighted by atomic mass is 10.2. The molecule has 0 saturated carbocycles. The highest BCUT2D eigenvalue weighted by Crippen LogP contribution is 2.33. The standard InChI is InChI=1S/C25H22ClF6N9O4/c26-14-7-5-13(6-8-14)20-38-40(23(44)39(20)11-16(25(30,31)32)45-18(42)4-1-9-33)12-17-36-22(19(34)43)41(37-17)21-15(24(27,28)29)3-2-10-35-21/h2-3,5-8,10,16H,1,4,9,11-12,33H2,(H2,34,43)/t16-/m0/s1. The number of ether oxygens (including phenoxy) is 1. The number of esters is 1. The first-order valence-corrected chi connectivity index (χ1v) is 13.2. The van der Waals surface area contributed by atoms with E-state index < -0.39 is 78.6 Å². The third-order valence-corrected chi connectivity index (χ3v) is 6.30. The lowest BCUT2D eigenvalue weighted by Crippen LogP contribution is -2.40. The Morgan fingerprint density at radius 1 is 1.04 bits per heavy atom. The van der Waals surface area contributed by atoms with E-state index >= 15 is 0 Å². The molecule has 0 aliphatic rings. The van der Waals surface area contributed by atoms with Crippen LogP contribution in [0.25, 0.3) is 17.2 Å². The van der Waals surface area contributed by atoms with E-state index in [0.717, 1.165) is 12.3 Å². The predicted molar refractivity (Wildman–Crippen MR) is 143 cm³/mol. The van der Waals surface area contributed by atoms with Crippen LogP contribution in [0.5, 0.6) is 0 Å². The van der Waals surface area contributed by atoms with Crippen molar-refractivity contribution in [3.63, 3.8) is 0 Å². The molecule has 0 fully saturated rings. The second-order valence-electron chi connectivity index (χ2n) is 9.29. The molecule has 1 atom stereocenters. The average Bonchev–Trinajstić information content (AvgIpc) is 3.52. The van der Waals surface area contributed by atoms with Gasteiger partial charge in [-0.3, -0.25) is 14.2 Å². The molecule has 4 aromatic rings. The van der Waals surface area contributed by atoms with E-state index in [9.17, 15) is 40.7 Å². The van der Waals surface area contributed by atoms with Crippen molar-refractivity contribution in [1.82, 2.24) is 34.1 Å². The topological polar surface area (TPSA) is 179 Å².